The van der Waals surface area contributed by atoms with E-state index in [9.17, 15) is 19.2 Å². The van der Waals surface area contributed by atoms with Gasteiger partial charge in [0.05, 0.1) is 24.0 Å². The van der Waals surface area contributed by atoms with Crippen LogP contribution in [0.25, 0.3) is 0 Å². The van der Waals surface area contributed by atoms with Crippen LogP contribution in [-0.2, 0) is 19.1 Å². The zero-order valence-electron chi connectivity index (χ0n) is 17.2. The lowest BCUT2D eigenvalue weighted by atomic mass is 9.81. The smallest absolute Gasteiger partial charge is 0.338 e. The Labute approximate surface area is 197 Å². The van der Waals surface area contributed by atoms with Gasteiger partial charge in [0.2, 0.25) is 17.7 Å². The van der Waals surface area contributed by atoms with E-state index in [0.717, 1.165) is 11.3 Å². The number of imide groups is 1. The summed E-state index contributed by atoms with van der Waals surface area (Å²) in [6.45, 7) is 3.94. The molecule has 31 heavy (non-hydrogen) atoms. The summed E-state index contributed by atoms with van der Waals surface area (Å²) in [6, 6.07) is 6.33. The molecule has 4 rings (SSSR count). The van der Waals surface area contributed by atoms with Gasteiger partial charge in [-0.15, -0.1) is 0 Å². The van der Waals surface area contributed by atoms with E-state index < -0.39 is 11.9 Å². The molecule has 6 atom stereocenters. The van der Waals surface area contributed by atoms with Crippen molar-refractivity contribution in [2.24, 2.45) is 29.6 Å². The second-order valence-corrected chi connectivity index (χ2v) is 11.0. The Morgan fingerprint density at radius 1 is 1.06 bits per heavy atom. The molecule has 0 aromatic heterocycles. The summed E-state index contributed by atoms with van der Waals surface area (Å²) in [5.74, 6) is -1.55. The van der Waals surface area contributed by atoms with Crippen molar-refractivity contribution in [1.29, 1.82) is 0 Å². The van der Waals surface area contributed by atoms with Gasteiger partial charge in [-0.2, -0.15) is 0 Å². The van der Waals surface area contributed by atoms with Crippen LogP contribution in [0.15, 0.2) is 24.3 Å². The molecule has 0 spiro atoms. The van der Waals surface area contributed by atoms with E-state index in [1.54, 1.807) is 24.3 Å². The second-order valence-electron chi connectivity index (χ2n) is 8.88. The Morgan fingerprint density at radius 2 is 1.61 bits per heavy atom. The highest BCUT2D eigenvalue weighted by molar-refractivity contribution is 9.12. The fourth-order valence-electron chi connectivity index (χ4n) is 4.93. The van der Waals surface area contributed by atoms with Gasteiger partial charge in [-0.1, -0.05) is 45.7 Å². The third-order valence-electron chi connectivity index (χ3n) is 6.33. The topological polar surface area (TPSA) is 92.8 Å². The molecule has 166 valence electrons. The largest absolute Gasteiger partial charge is 0.462 e. The van der Waals surface area contributed by atoms with Crippen LogP contribution in [0.4, 0.5) is 5.69 Å². The lowest BCUT2D eigenvalue weighted by Crippen LogP contribution is -2.39. The van der Waals surface area contributed by atoms with E-state index in [0.29, 0.717) is 17.9 Å². The van der Waals surface area contributed by atoms with Crippen LogP contribution in [0.5, 0.6) is 0 Å². The van der Waals surface area contributed by atoms with Crippen LogP contribution in [0, 0.1) is 29.6 Å². The number of amides is 3. The highest BCUT2D eigenvalue weighted by atomic mass is 79.9. The molecule has 7 nitrogen and oxygen atoms in total. The fourth-order valence-corrected chi connectivity index (χ4v) is 6.80. The fraction of sp³-hybridized carbons (Fsp3) is 0.545. The Bertz CT molecular complexity index is 887. The van der Waals surface area contributed by atoms with Crippen molar-refractivity contribution >= 4 is 61.2 Å². The molecule has 0 radical (unpaired) electrons. The maximum absolute atomic E-state index is 12.9. The molecular formula is C22H24Br2N2O5. The van der Waals surface area contributed by atoms with Gasteiger partial charge in [-0.05, 0) is 48.4 Å². The van der Waals surface area contributed by atoms with Gasteiger partial charge >= 0.3 is 5.97 Å². The van der Waals surface area contributed by atoms with Gasteiger partial charge in [-0.3, -0.25) is 19.3 Å². The van der Waals surface area contributed by atoms with E-state index in [2.05, 4.69) is 37.2 Å². The third-order valence-corrected chi connectivity index (χ3v) is 9.54. The van der Waals surface area contributed by atoms with Crippen molar-refractivity contribution in [3.05, 3.63) is 29.8 Å². The molecule has 3 aliphatic rings. The summed E-state index contributed by atoms with van der Waals surface area (Å²) in [5.41, 5.74) is 0.867. The predicted molar refractivity (Wildman–Crippen MR) is 121 cm³/mol. The number of ether oxygens (including phenoxy) is 1. The predicted octanol–water partition coefficient (Wildman–Crippen LogP) is 3.22. The van der Waals surface area contributed by atoms with Crippen molar-refractivity contribution in [3.63, 3.8) is 0 Å². The number of alkyl halides is 2. The molecule has 1 aliphatic heterocycles. The third kappa shape index (κ3) is 4.06. The zero-order valence-corrected chi connectivity index (χ0v) is 20.4. The van der Waals surface area contributed by atoms with Crippen LogP contribution in [0.2, 0.25) is 0 Å². The summed E-state index contributed by atoms with van der Waals surface area (Å²) in [5, 5.41) is 2.69. The molecule has 2 bridgehead atoms. The Balaban J connectivity index is 1.36. The molecule has 1 heterocycles. The average molecular weight is 556 g/mol. The second kappa shape index (κ2) is 8.65. The minimum Gasteiger partial charge on any atom is -0.462 e. The highest BCUT2D eigenvalue weighted by Gasteiger charge is 2.66. The number of esters is 1. The zero-order chi connectivity index (χ0) is 22.4. The average Bonchev–Trinajstić information content (AvgIpc) is 3.33. The van der Waals surface area contributed by atoms with Crippen molar-refractivity contribution < 1.29 is 23.9 Å². The molecule has 9 heteroatoms. The number of benzene rings is 1. The molecule has 3 fully saturated rings. The lowest BCUT2D eigenvalue weighted by molar-refractivity contribution is -0.143. The monoisotopic (exact) mass is 554 g/mol. The van der Waals surface area contributed by atoms with Crippen molar-refractivity contribution in [1.82, 2.24) is 4.90 Å². The van der Waals surface area contributed by atoms with Crippen LogP contribution in [-0.4, -0.2) is 51.4 Å². The van der Waals surface area contributed by atoms with Crippen molar-refractivity contribution in [3.8, 4) is 0 Å². The van der Waals surface area contributed by atoms with Crippen molar-refractivity contribution in [2.45, 2.75) is 29.9 Å². The minimum absolute atomic E-state index is 0.117. The van der Waals surface area contributed by atoms with Gasteiger partial charge in [0, 0.05) is 15.3 Å². The van der Waals surface area contributed by atoms with Gasteiger partial charge in [0.1, 0.15) is 6.54 Å². The first-order chi connectivity index (χ1) is 14.7. The van der Waals surface area contributed by atoms with E-state index >= 15 is 0 Å². The van der Waals surface area contributed by atoms with Crippen LogP contribution in [0.1, 0.15) is 30.6 Å². The van der Waals surface area contributed by atoms with Gasteiger partial charge in [-0.25, -0.2) is 4.79 Å². The number of fused-ring (bicyclic) bond motifs is 5. The number of carbonyl (C=O) groups excluding carboxylic acids is 4. The van der Waals surface area contributed by atoms with E-state index in [-0.39, 0.29) is 57.6 Å². The summed E-state index contributed by atoms with van der Waals surface area (Å²) >= 11 is 7.30. The summed E-state index contributed by atoms with van der Waals surface area (Å²) < 4.78 is 5.18. The van der Waals surface area contributed by atoms with Gasteiger partial charge in [0.25, 0.3) is 0 Å². The molecule has 1 aromatic carbocycles. The first-order valence-corrected chi connectivity index (χ1v) is 12.2. The Kier molecular flexibility index (Phi) is 6.27. The number of nitrogens with zero attached hydrogens (tertiary/aromatic N) is 1. The van der Waals surface area contributed by atoms with Gasteiger partial charge < -0.3 is 10.1 Å². The molecule has 2 saturated carbocycles. The molecule has 1 N–H and O–H groups in total. The van der Waals surface area contributed by atoms with Crippen molar-refractivity contribution in [2.75, 3.05) is 18.5 Å². The van der Waals surface area contributed by atoms with Crippen LogP contribution >= 0.6 is 31.9 Å². The number of rotatable bonds is 6. The summed E-state index contributed by atoms with van der Waals surface area (Å²) in [7, 11) is 0. The number of nitrogens with one attached hydrogen (secondary N) is 1. The molecule has 2 aliphatic carbocycles. The summed E-state index contributed by atoms with van der Waals surface area (Å²) in [6.07, 6.45) is 0.852. The first-order valence-electron chi connectivity index (χ1n) is 10.4. The maximum Gasteiger partial charge on any atom is 0.338 e. The van der Waals surface area contributed by atoms with E-state index in [1.165, 1.54) is 0 Å². The normalized spacial score (nSPS) is 31.3. The lowest BCUT2D eigenvalue weighted by Gasteiger charge is -2.28. The van der Waals surface area contributed by atoms with E-state index in [1.807, 2.05) is 13.8 Å². The molecule has 1 aromatic rings. The maximum atomic E-state index is 12.9. The highest BCUT2D eigenvalue weighted by Crippen LogP contribution is 2.60. The number of likely N-dealkylation sites (tertiary alicyclic amines) is 1. The van der Waals surface area contributed by atoms with E-state index in [4.69, 9.17) is 4.74 Å². The van der Waals surface area contributed by atoms with Crippen LogP contribution in [0.3, 0.4) is 0 Å². The molecule has 0 unspecified atom stereocenters. The number of hydrogen-bond donors (Lipinski definition) is 1. The Hall–Kier alpha value is -1.74. The number of hydrogen-bond acceptors (Lipinski definition) is 5. The SMILES string of the molecule is CC(C)COC(=O)c1ccc(NC(=O)CN2C(=O)[C@H]3[C@@H]4C[C@H]([C@@H](Br)[C@H]4Br)[C@@H]3C2=O)cc1. The molecule has 1 saturated heterocycles. The quantitative estimate of drug-likeness (QED) is 0.330. The van der Waals surface area contributed by atoms with Crippen LogP contribution < -0.4 is 5.32 Å². The Morgan fingerprint density at radius 3 is 2.13 bits per heavy atom. The number of carbonyl (C=O) groups is 4. The first kappa shape index (κ1) is 22.5. The standard InChI is InChI=1S/C22H24Br2N2O5/c1-10(2)9-31-22(30)11-3-5-12(6-4-11)25-15(27)8-26-20(28)16-13-7-14(17(16)21(26)29)19(24)18(13)23/h3-6,10,13-14,16-19H,7-9H2,1-2H3,(H,25,27)/t13-,14-,16-,17-,18-,19+/m0/s1. The summed E-state index contributed by atoms with van der Waals surface area (Å²) in [4.78, 5) is 51.7. The van der Waals surface area contributed by atoms with Gasteiger partial charge in [0.15, 0.2) is 0 Å². The molecule has 3 amide bonds. The number of anilines is 1. The minimum atomic E-state index is -0.449. The number of halogens is 2. The molecular weight excluding hydrogens is 532 g/mol.